The Balaban J connectivity index is 1.36. The second-order valence-corrected chi connectivity index (χ2v) is 8.92. The molecule has 0 aliphatic carbocycles. The van der Waals surface area contributed by atoms with Gasteiger partial charge in [-0.15, -0.1) is 0 Å². The van der Waals surface area contributed by atoms with Crippen molar-refractivity contribution in [2.24, 2.45) is 0 Å². The molecule has 0 bridgehead atoms. The summed E-state index contributed by atoms with van der Waals surface area (Å²) in [6.07, 6.45) is 2.50. The van der Waals surface area contributed by atoms with Crippen LogP contribution in [0.5, 0.6) is 5.75 Å². The largest absolute Gasteiger partial charge is 0.491 e. The van der Waals surface area contributed by atoms with Gasteiger partial charge in [0, 0.05) is 31.0 Å². The lowest BCUT2D eigenvalue weighted by atomic mass is 9.96. The second-order valence-electron chi connectivity index (χ2n) is 8.92. The monoisotopic (exact) mass is 418 g/mol. The molecule has 1 unspecified atom stereocenters. The highest BCUT2D eigenvalue weighted by atomic mass is 16.5. The van der Waals surface area contributed by atoms with E-state index in [2.05, 4.69) is 59.7 Å². The van der Waals surface area contributed by atoms with Crippen LogP contribution in [-0.4, -0.2) is 39.9 Å². The smallest absolute Gasteiger partial charge is 0.119 e. The Labute approximate surface area is 186 Å². The number of ether oxygens (including phenoxy) is 1. The molecule has 4 nitrogen and oxygen atoms in total. The number of aromatic nitrogens is 1. The van der Waals surface area contributed by atoms with E-state index in [0.717, 1.165) is 51.2 Å². The van der Waals surface area contributed by atoms with E-state index in [1.165, 1.54) is 22.5 Å². The molecule has 1 aliphatic heterocycles. The molecule has 2 aromatic carbocycles. The van der Waals surface area contributed by atoms with Crippen molar-refractivity contribution in [2.75, 3.05) is 19.7 Å². The highest BCUT2D eigenvalue weighted by molar-refractivity contribution is 5.29. The molecule has 0 amide bonds. The molecule has 3 aromatic rings. The van der Waals surface area contributed by atoms with Crippen molar-refractivity contribution in [2.45, 2.75) is 51.8 Å². The van der Waals surface area contributed by atoms with Gasteiger partial charge < -0.3 is 14.4 Å². The molecule has 1 saturated heterocycles. The average molecular weight is 419 g/mol. The first-order valence-corrected chi connectivity index (χ1v) is 11.3. The van der Waals surface area contributed by atoms with E-state index >= 15 is 0 Å². The number of benzene rings is 2. The van der Waals surface area contributed by atoms with E-state index in [9.17, 15) is 5.11 Å². The quantitative estimate of drug-likeness (QED) is 0.590. The summed E-state index contributed by atoms with van der Waals surface area (Å²) in [5.74, 6) is 0.822. The number of aryl methyl sites for hydroxylation is 1. The third kappa shape index (κ3) is 5.57. The Kier molecular flexibility index (Phi) is 6.79. The topological polar surface area (TPSA) is 37.6 Å². The van der Waals surface area contributed by atoms with E-state index in [4.69, 9.17) is 4.74 Å². The minimum Gasteiger partial charge on any atom is -0.491 e. The van der Waals surface area contributed by atoms with Gasteiger partial charge in [-0.25, -0.2) is 0 Å². The van der Waals surface area contributed by atoms with Crippen molar-refractivity contribution < 1.29 is 9.84 Å². The summed E-state index contributed by atoms with van der Waals surface area (Å²) in [7, 11) is 0. The van der Waals surface area contributed by atoms with E-state index in [0.29, 0.717) is 6.61 Å². The standard InChI is InChI=1S/C27H34N2O2/c1-22-18-25(23(2)29(22)19-24-10-5-3-6-11-24)20-28-16-9-14-27(30,15-17-28)21-31-26-12-7-4-8-13-26/h3-8,10-13,18,30H,9,14-17,19-21H2,1-2H3. The molecule has 1 aromatic heterocycles. The van der Waals surface area contributed by atoms with Crippen LogP contribution in [0, 0.1) is 13.8 Å². The molecule has 1 N–H and O–H groups in total. The summed E-state index contributed by atoms with van der Waals surface area (Å²) in [4.78, 5) is 2.48. The summed E-state index contributed by atoms with van der Waals surface area (Å²) in [5, 5.41) is 11.1. The molecule has 1 fully saturated rings. The SMILES string of the molecule is Cc1cc(CN2CCCC(O)(COc3ccccc3)CC2)c(C)n1Cc1ccccc1. The zero-order chi connectivity index (χ0) is 21.7. The van der Waals surface area contributed by atoms with Crippen LogP contribution >= 0.6 is 0 Å². The number of hydrogen-bond donors (Lipinski definition) is 1. The predicted octanol–water partition coefficient (Wildman–Crippen LogP) is 4.95. The van der Waals surface area contributed by atoms with Gasteiger partial charge in [-0.1, -0.05) is 48.5 Å². The molecule has 2 heterocycles. The van der Waals surface area contributed by atoms with Crippen molar-refractivity contribution in [3.05, 3.63) is 89.2 Å². The summed E-state index contributed by atoms with van der Waals surface area (Å²) in [5.41, 5.74) is 4.61. The fourth-order valence-corrected chi connectivity index (χ4v) is 4.55. The fraction of sp³-hybridized carbons (Fsp3) is 0.407. The summed E-state index contributed by atoms with van der Waals surface area (Å²) in [6.45, 7) is 8.53. The van der Waals surface area contributed by atoms with Gasteiger partial charge in [-0.2, -0.15) is 0 Å². The lowest BCUT2D eigenvalue weighted by molar-refractivity contribution is -0.0168. The minimum absolute atomic E-state index is 0.358. The molecule has 4 rings (SSSR count). The summed E-state index contributed by atoms with van der Waals surface area (Å²) >= 11 is 0. The van der Waals surface area contributed by atoms with Gasteiger partial charge in [0.2, 0.25) is 0 Å². The van der Waals surface area contributed by atoms with Crippen molar-refractivity contribution in [3.63, 3.8) is 0 Å². The average Bonchev–Trinajstić information content (AvgIpc) is 2.93. The third-order valence-corrected chi connectivity index (χ3v) is 6.52. The van der Waals surface area contributed by atoms with Crippen LogP contribution in [0.1, 0.15) is 41.8 Å². The van der Waals surface area contributed by atoms with E-state index < -0.39 is 5.60 Å². The van der Waals surface area contributed by atoms with Gasteiger partial charge in [-0.05, 0) is 69.0 Å². The van der Waals surface area contributed by atoms with Gasteiger partial charge in [0.05, 0.1) is 5.60 Å². The Morgan fingerprint density at radius 1 is 0.903 bits per heavy atom. The summed E-state index contributed by atoms with van der Waals surface area (Å²) in [6, 6.07) is 22.7. The van der Waals surface area contributed by atoms with Crippen LogP contribution in [-0.2, 0) is 13.1 Å². The molecule has 0 spiro atoms. The second kappa shape index (κ2) is 9.71. The van der Waals surface area contributed by atoms with Crippen molar-refractivity contribution in [1.29, 1.82) is 0 Å². The number of para-hydroxylation sites is 1. The first kappa shape index (κ1) is 21.7. The molecular weight excluding hydrogens is 384 g/mol. The van der Waals surface area contributed by atoms with Crippen LogP contribution < -0.4 is 4.74 Å². The predicted molar refractivity (Wildman–Crippen MR) is 125 cm³/mol. The van der Waals surface area contributed by atoms with Crippen LogP contribution in [0.25, 0.3) is 0 Å². The molecule has 0 radical (unpaired) electrons. The van der Waals surface area contributed by atoms with E-state index in [1.54, 1.807) is 0 Å². The van der Waals surface area contributed by atoms with Gasteiger partial charge in [-0.3, -0.25) is 4.90 Å². The number of likely N-dealkylation sites (tertiary alicyclic amines) is 1. The molecule has 4 heteroatoms. The fourth-order valence-electron chi connectivity index (χ4n) is 4.55. The lowest BCUT2D eigenvalue weighted by Crippen LogP contribution is -2.37. The molecule has 164 valence electrons. The van der Waals surface area contributed by atoms with Crippen LogP contribution in [0.15, 0.2) is 66.7 Å². The normalized spacial score (nSPS) is 19.8. The number of nitrogens with zero attached hydrogens (tertiary/aromatic N) is 2. The molecule has 0 saturated carbocycles. The maximum absolute atomic E-state index is 11.1. The Hall–Kier alpha value is -2.56. The molecule has 1 atom stereocenters. The maximum atomic E-state index is 11.1. The molecule has 31 heavy (non-hydrogen) atoms. The van der Waals surface area contributed by atoms with Crippen molar-refractivity contribution in [1.82, 2.24) is 9.47 Å². The van der Waals surface area contributed by atoms with Gasteiger partial charge in [0.25, 0.3) is 0 Å². The highest BCUT2D eigenvalue weighted by Crippen LogP contribution is 2.26. The lowest BCUT2D eigenvalue weighted by Gasteiger charge is -2.27. The third-order valence-electron chi connectivity index (χ3n) is 6.52. The van der Waals surface area contributed by atoms with Gasteiger partial charge in [0.1, 0.15) is 12.4 Å². The van der Waals surface area contributed by atoms with Crippen LogP contribution in [0.3, 0.4) is 0 Å². The molecular formula is C27H34N2O2. The first-order chi connectivity index (χ1) is 15.0. The molecule has 1 aliphatic rings. The highest BCUT2D eigenvalue weighted by Gasteiger charge is 2.31. The number of hydrogen-bond acceptors (Lipinski definition) is 3. The van der Waals surface area contributed by atoms with Crippen LogP contribution in [0.2, 0.25) is 0 Å². The van der Waals surface area contributed by atoms with E-state index in [-0.39, 0.29) is 0 Å². The zero-order valence-electron chi connectivity index (χ0n) is 18.8. The Morgan fingerprint density at radius 2 is 1.61 bits per heavy atom. The van der Waals surface area contributed by atoms with Crippen molar-refractivity contribution in [3.8, 4) is 5.75 Å². The van der Waals surface area contributed by atoms with Crippen LogP contribution in [0.4, 0.5) is 0 Å². The Morgan fingerprint density at radius 3 is 2.35 bits per heavy atom. The van der Waals surface area contributed by atoms with Crippen molar-refractivity contribution >= 4 is 0 Å². The number of rotatable bonds is 7. The first-order valence-electron chi connectivity index (χ1n) is 11.3. The Bertz CT molecular complexity index is 968. The number of aliphatic hydroxyl groups is 1. The van der Waals surface area contributed by atoms with Gasteiger partial charge >= 0.3 is 0 Å². The maximum Gasteiger partial charge on any atom is 0.119 e. The zero-order valence-corrected chi connectivity index (χ0v) is 18.8. The minimum atomic E-state index is -0.755. The summed E-state index contributed by atoms with van der Waals surface area (Å²) < 4.78 is 8.29. The van der Waals surface area contributed by atoms with E-state index in [1.807, 2.05) is 30.3 Å². The van der Waals surface area contributed by atoms with Gasteiger partial charge in [0.15, 0.2) is 0 Å².